The first-order chi connectivity index (χ1) is 9.76. The van der Waals surface area contributed by atoms with Gasteiger partial charge < -0.3 is 15.4 Å². The van der Waals surface area contributed by atoms with Crippen LogP contribution in [0, 0.1) is 11.8 Å². The topological polar surface area (TPSA) is 50.4 Å². The van der Waals surface area contributed by atoms with Crippen LogP contribution < -0.4 is 10.6 Å². The second-order valence-electron chi connectivity index (χ2n) is 7.68. The van der Waals surface area contributed by atoms with Crippen molar-refractivity contribution in [2.24, 2.45) is 11.8 Å². The summed E-state index contributed by atoms with van der Waals surface area (Å²) < 4.78 is 5.25. The molecule has 0 aromatic heterocycles. The van der Waals surface area contributed by atoms with Crippen molar-refractivity contribution in [3.8, 4) is 0 Å². The molecule has 0 saturated heterocycles. The highest BCUT2D eigenvalue weighted by Gasteiger charge is 2.19. The van der Waals surface area contributed by atoms with Gasteiger partial charge in [-0.1, -0.05) is 19.8 Å². The third-order valence-corrected chi connectivity index (χ3v) is 4.00. The molecule has 2 N–H and O–H groups in total. The van der Waals surface area contributed by atoms with Crippen LogP contribution in [0.5, 0.6) is 0 Å². The summed E-state index contributed by atoms with van der Waals surface area (Å²) in [5.41, 5.74) is -0.431. The fraction of sp³-hybridized carbons (Fsp3) is 0.941. The van der Waals surface area contributed by atoms with Crippen molar-refractivity contribution in [2.75, 3.05) is 13.1 Å². The molecular weight excluding hydrogens is 264 g/mol. The first-order valence-corrected chi connectivity index (χ1v) is 8.46. The summed E-state index contributed by atoms with van der Waals surface area (Å²) >= 11 is 0. The van der Waals surface area contributed by atoms with Gasteiger partial charge in [-0.15, -0.1) is 0 Å². The van der Waals surface area contributed by atoms with Crippen molar-refractivity contribution < 1.29 is 9.53 Å². The minimum absolute atomic E-state index is 0.137. The molecule has 0 radical (unpaired) electrons. The predicted molar refractivity (Wildman–Crippen MR) is 87.4 cm³/mol. The van der Waals surface area contributed by atoms with Crippen molar-refractivity contribution in [2.45, 2.75) is 78.4 Å². The lowest BCUT2D eigenvalue weighted by atomic mass is 9.82. The van der Waals surface area contributed by atoms with Crippen LogP contribution in [-0.2, 0) is 4.74 Å². The van der Waals surface area contributed by atoms with Crippen LogP contribution in [0.1, 0.15) is 66.7 Å². The Morgan fingerprint density at radius 1 is 1.33 bits per heavy atom. The Kier molecular flexibility index (Phi) is 7.50. The van der Waals surface area contributed by atoms with E-state index in [1.807, 2.05) is 27.7 Å². The van der Waals surface area contributed by atoms with Gasteiger partial charge in [-0.2, -0.15) is 0 Å². The van der Waals surface area contributed by atoms with Crippen molar-refractivity contribution in [1.29, 1.82) is 0 Å². The first-order valence-electron chi connectivity index (χ1n) is 8.46. The Morgan fingerprint density at radius 2 is 2.05 bits per heavy atom. The molecule has 124 valence electrons. The molecule has 4 nitrogen and oxygen atoms in total. The van der Waals surface area contributed by atoms with Crippen molar-refractivity contribution in [1.82, 2.24) is 10.6 Å². The van der Waals surface area contributed by atoms with Gasteiger partial charge in [-0.05, 0) is 71.9 Å². The molecule has 0 aromatic carbocycles. The van der Waals surface area contributed by atoms with E-state index in [0.29, 0.717) is 0 Å². The number of hydrogen-bond acceptors (Lipinski definition) is 3. The average molecular weight is 298 g/mol. The van der Waals surface area contributed by atoms with Gasteiger partial charge >= 0.3 is 6.09 Å². The van der Waals surface area contributed by atoms with Crippen LogP contribution >= 0.6 is 0 Å². The van der Waals surface area contributed by atoms with E-state index in [9.17, 15) is 4.79 Å². The zero-order valence-electron chi connectivity index (χ0n) is 14.5. The molecule has 21 heavy (non-hydrogen) atoms. The zero-order valence-corrected chi connectivity index (χ0v) is 14.5. The summed E-state index contributed by atoms with van der Waals surface area (Å²) in [7, 11) is 0. The Balaban J connectivity index is 2.07. The molecule has 0 heterocycles. The fourth-order valence-electron chi connectivity index (χ4n) is 2.95. The van der Waals surface area contributed by atoms with E-state index in [1.165, 1.54) is 25.7 Å². The predicted octanol–water partition coefficient (Wildman–Crippen LogP) is 3.71. The van der Waals surface area contributed by atoms with Crippen LogP contribution in [0.4, 0.5) is 4.79 Å². The summed E-state index contributed by atoms with van der Waals surface area (Å²) in [6.45, 7) is 12.1. The van der Waals surface area contributed by atoms with Crippen molar-refractivity contribution in [3.05, 3.63) is 0 Å². The van der Waals surface area contributed by atoms with Crippen molar-refractivity contribution >= 4 is 6.09 Å². The number of carbonyl (C=O) groups is 1. The van der Waals surface area contributed by atoms with E-state index < -0.39 is 5.60 Å². The average Bonchev–Trinajstić information content (AvgIpc) is 2.32. The molecule has 3 atom stereocenters. The number of ether oxygens (including phenoxy) is 1. The van der Waals surface area contributed by atoms with Crippen LogP contribution in [0.25, 0.3) is 0 Å². The van der Waals surface area contributed by atoms with Gasteiger partial charge in [-0.3, -0.25) is 0 Å². The SMILES string of the molecule is CC1CCCC(CNCCC(C)NC(=O)OC(C)(C)C)C1. The second-order valence-corrected chi connectivity index (χ2v) is 7.68. The zero-order chi connectivity index (χ0) is 15.9. The molecule has 1 amide bonds. The monoisotopic (exact) mass is 298 g/mol. The second kappa shape index (κ2) is 8.62. The van der Waals surface area contributed by atoms with E-state index in [0.717, 1.165) is 31.3 Å². The lowest BCUT2D eigenvalue weighted by molar-refractivity contribution is 0.0506. The Hall–Kier alpha value is -0.770. The van der Waals surface area contributed by atoms with Crippen molar-refractivity contribution in [3.63, 3.8) is 0 Å². The van der Waals surface area contributed by atoms with Gasteiger partial charge in [0.05, 0.1) is 0 Å². The molecule has 1 saturated carbocycles. The molecule has 3 unspecified atom stereocenters. The highest BCUT2D eigenvalue weighted by Crippen LogP contribution is 2.27. The smallest absolute Gasteiger partial charge is 0.407 e. The maximum Gasteiger partial charge on any atom is 0.407 e. The van der Waals surface area contributed by atoms with E-state index in [2.05, 4.69) is 17.6 Å². The summed E-state index contributed by atoms with van der Waals surface area (Å²) in [6.07, 6.45) is 6.11. The van der Waals surface area contributed by atoms with Gasteiger partial charge in [-0.25, -0.2) is 4.79 Å². The standard InChI is InChI=1S/C17H34N2O2/c1-13-7-6-8-15(11-13)12-18-10-9-14(2)19-16(20)21-17(3,4)5/h13-15,18H,6-12H2,1-5H3,(H,19,20). The normalized spacial score (nSPS) is 24.4. The largest absolute Gasteiger partial charge is 0.444 e. The van der Waals surface area contributed by atoms with Crippen LogP contribution in [0.3, 0.4) is 0 Å². The Morgan fingerprint density at radius 3 is 2.67 bits per heavy atom. The van der Waals surface area contributed by atoms with Crippen LogP contribution in [-0.4, -0.2) is 30.8 Å². The molecular formula is C17H34N2O2. The van der Waals surface area contributed by atoms with Gasteiger partial charge in [0.2, 0.25) is 0 Å². The highest BCUT2D eigenvalue weighted by atomic mass is 16.6. The molecule has 1 rings (SSSR count). The number of hydrogen-bond donors (Lipinski definition) is 2. The quantitative estimate of drug-likeness (QED) is 0.735. The Bertz CT molecular complexity index is 312. The number of amides is 1. The molecule has 0 spiro atoms. The van der Waals surface area contributed by atoms with E-state index in [-0.39, 0.29) is 12.1 Å². The molecule has 0 aromatic rings. The molecule has 1 aliphatic carbocycles. The maximum absolute atomic E-state index is 11.6. The van der Waals surface area contributed by atoms with Gasteiger partial charge in [0.1, 0.15) is 5.60 Å². The minimum Gasteiger partial charge on any atom is -0.444 e. The number of alkyl carbamates (subject to hydrolysis) is 1. The third kappa shape index (κ3) is 8.97. The molecule has 1 fully saturated rings. The summed E-state index contributed by atoms with van der Waals surface area (Å²) in [5, 5.41) is 6.42. The molecule has 0 bridgehead atoms. The number of rotatable bonds is 6. The number of nitrogens with one attached hydrogen (secondary N) is 2. The number of carbonyl (C=O) groups excluding carboxylic acids is 1. The summed E-state index contributed by atoms with van der Waals surface area (Å²) in [4.78, 5) is 11.6. The first kappa shape index (κ1) is 18.3. The van der Waals surface area contributed by atoms with Gasteiger partial charge in [0.15, 0.2) is 0 Å². The lowest BCUT2D eigenvalue weighted by Crippen LogP contribution is -2.39. The molecule has 1 aliphatic rings. The van der Waals surface area contributed by atoms with Gasteiger partial charge in [0, 0.05) is 6.04 Å². The van der Waals surface area contributed by atoms with E-state index in [1.54, 1.807) is 0 Å². The summed E-state index contributed by atoms with van der Waals surface area (Å²) in [5.74, 6) is 1.72. The highest BCUT2D eigenvalue weighted by molar-refractivity contribution is 5.67. The maximum atomic E-state index is 11.6. The molecule has 4 heteroatoms. The van der Waals surface area contributed by atoms with E-state index >= 15 is 0 Å². The molecule has 0 aliphatic heterocycles. The van der Waals surface area contributed by atoms with E-state index in [4.69, 9.17) is 4.74 Å². The Labute approximate surface area is 130 Å². The van der Waals surface area contributed by atoms with Gasteiger partial charge in [0.25, 0.3) is 0 Å². The van der Waals surface area contributed by atoms with Crippen LogP contribution in [0.2, 0.25) is 0 Å². The lowest BCUT2D eigenvalue weighted by Gasteiger charge is -2.27. The summed E-state index contributed by atoms with van der Waals surface area (Å²) in [6, 6.07) is 0.137. The van der Waals surface area contributed by atoms with Crippen LogP contribution in [0.15, 0.2) is 0 Å². The minimum atomic E-state index is -0.431. The third-order valence-electron chi connectivity index (χ3n) is 4.00. The fourth-order valence-corrected chi connectivity index (χ4v) is 2.95.